The van der Waals surface area contributed by atoms with Crippen LogP contribution in [0.2, 0.25) is 0 Å². The fraction of sp³-hybridized carbons (Fsp3) is 0.100. The maximum Gasteiger partial charge on any atom is 0.275 e. The number of anilines is 3. The van der Waals surface area contributed by atoms with Gasteiger partial charge < -0.3 is 10.2 Å². The van der Waals surface area contributed by atoms with Gasteiger partial charge in [0.15, 0.2) is 5.82 Å². The third-order valence-corrected chi connectivity index (χ3v) is 4.28. The minimum absolute atomic E-state index is 0.226. The number of amides is 1. The van der Waals surface area contributed by atoms with E-state index in [4.69, 9.17) is 5.26 Å². The molecule has 0 bridgehead atoms. The van der Waals surface area contributed by atoms with E-state index in [-0.39, 0.29) is 11.6 Å². The normalized spacial score (nSPS) is 12.3. The van der Waals surface area contributed by atoms with Crippen LogP contribution in [-0.4, -0.2) is 22.4 Å². The van der Waals surface area contributed by atoms with Crippen LogP contribution in [-0.2, 0) is 6.42 Å². The molecule has 126 valence electrons. The molecule has 0 unspecified atom stereocenters. The van der Waals surface area contributed by atoms with E-state index in [2.05, 4.69) is 32.3 Å². The number of hydrogen-bond donors (Lipinski definition) is 1. The van der Waals surface area contributed by atoms with Gasteiger partial charge in [-0.15, -0.1) is 0 Å². The zero-order valence-electron chi connectivity index (χ0n) is 13.9. The highest BCUT2D eigenvalue weighted by molar-refractivity contribution is 6.02. The first-order chi connectivity index (χ1) is 12.7. The molecule has 0 saturated heterocycles. The monoisotopic (exact) mass is 341 g/mol. The molecule has 1 aromatic heterocycles. The molecule has 6 heteroatoms. The van der Waals surface area contributed by atoms with Crippen LogP contribution in [0.15, 0.2) is 60.9 Å². The SMILES string of the molecule is N#Cc1cccc(NC(=O)c2cnc(N3CCc4ccccc43)cn2)c1. The third-order valence-electron chi connectivity index (χ3n) is 4.28. The number of nitrogens with one attached hydrogen (secondary N) is 1. The van der Waals surface area contributed by atoms with E-state index in [0.29, 0.717) is 11.3 Å². The fourth-order valence-corrected chi connectivity index (χ4v) is 3.02. The van der Waals surface area contributed by atoms with Gasteiger partial charge in [0.05, 0.1) is 24.0 Å². The van der Waals surface area contributed by atoms with Crippen LogP contribution < -0.4 is 10.2 Å². The molecule has 2 heterocycles. The van der Waals surface area contributed by atoms with Crippen molar-refractivity contribution in [3.8, 4) is 6.07 Å². The van der Waals surface area contributed by atoms with Crippen LogP contribution in [0.1, 0.15) is 21.6 Å². The second kappa shape index (κ2) is 6.65. The molecule has 0 radical (unpaired) electrons. The number of rotatable bonds is 3. The summed E-state index contributed by atoms with van der Waals surface area (Å²) in [6.45, 7) is 0.848. The average molecular weight is 341 g/mol. The smallest absolute Gasteiger partial charge is 0.275 e. The number of aromatic nitrogens is 2. The Morgan fingerprint density at radius 3 is 2.81 bits per heavy atom. The maximum atomic E-state index is 12.3. The molecular weight excluding hydrogens is 326 g/mol. The second-order valence-corrected chi connectivity index (χ2v) is 5.94. The summed E-state index contributed by atoms with van der Waals surface area (Å²) in [6, 6.07) is 17.0. The fourth-order valence-electron chi connectivity index (χ4n) is 3.02. The molecule has 0 aliphatic carbocycles. The van der Waals surface area contributed by atoms with Gasteiger partial charge in [-0.2, -0.15) is 5.26 Å². The van der Waals surface area contributed by atoms with Gasteiger partial charge in [-0.1, -0.05) is 24.3 Å². The van der Waals surface area contributed by atoms with E-state index >= 15 is 0 Å². The summed E-state index contributed by atoms with van der Waals surface area (Å²) < 4.78 is 0. The largest absolute Gasteiger partial charge is 0.325 e. The molecule has 26 heavy (non-hydrogen) atoms. The maximum absolute atomic E-state index is 12.3. The average Bonchev–Trinajstić information content (AvgIpc) is 3.12. The van der Waals surface area contributed by atoms with E-state index in [1.807, 2.05) is 18.2 Å². The molecule has 0 fully saturated rings. The van der Waals surface area contributed by atoms with Gasteiger partial charge in [-0.25, -0.2) is 9.97 Å². The molecular formula is C20H15N5O. The number of nitriles is 1. The van der Waals surface area contributed by atoms with Crippen LogP contribution in [0, 0.1) is 11.3 Å². The minimum Gasteiger partial charge on any atom is -0.325 e. The first-order valence-corrected chi connectivity index (χ1v) is 8.23. The van der Waals surface area contributed by atoms with E-state index in [1.165, 1.54) is 11.8 Å². The molecule has 2 aromatic carbocycles. The lowest BCUT2D eigenvalue weighted by atomic mass is 10.2. The molecule has 1 aliphatic heterocycles. The van der Waals surface area contributed by atoms with Crippen LogP contribution in [0.5, 0.6) is 0 Å². The van der Waals surface area contributed by atoms with Crippen molar-refractivity contribution >= 4 is 23.1 Å². The van der Waals surface area contributed by atoms with Gasteiger partial charge in [0.1, 0.15) is 5.69 Å². The van der Waals surface area contributed by atoms with E-state index < -0.39 is 0 Å². The topological polar surface area (TPSA) is 81.9 Å². The zero-order valence-corrected chi connectivity index (χ0v) is 13.9. The van der Waals surface area contributed by atoms with Crippen molar-refractivity contribution in [2.24, 2.45) is 0 Å². The molecule has 0 saturated carbocycles. The standard InChI is InChI=1S/C20H15N5O/c21-11-14-4-3-6-16(10-14)24-20(26)17-12-23-19(13-22-17)25-9-8-15-5-1-2-7-18(15)25/h1-7,10,12-13H,8-9H2,(H,24,26). The third kappa shape index (κ3) is 2.98. The Morgan fingerprint density at radius 2 is 2.00 bits per heavy atom. The molecule has 4 rings (SSSR count). The van der Waals surface area contributed by atoms with Crippen molar-refractivity contribution in [2.75, 3.05) is 16.8 Å². The molecule has 3 aromatic rings. The lowest BCUT2D eigenvalue weighted by Crippen LogP contribution is -2.18. The second-order valence-electron chi connectivity index (χ2n) is 5.94. The molecule has 1 N–H and O–H groups in total. The predicted molar refractivity (Wildman–Crippen MR) is 98.3 cm³/mol. The Labute approximate surface area is 150 Å². The Hall–Kier alpha value is -3.72. The molecule has 0 atom stereocenters. The Kier molecular flexibility index (Phi) is 4.04. The number of hydrogen-bond acceptors (Lipinski definition) is 5. The van der Waals surface area contributed by atoms with Gasteiger partial charge in [0.2, 0.25) is 0 Å². The van der Waals surface area contributed by atoms with Gasteiger partial charge in [-0.05, 0) is 36.2 Å². The van der Waals surface area contributed by atoms with Crippen LogP contribution in [0.4, 0.5) is 17.2 Å². The summed E-state index contributed by atoms with van der Waals surface area (Å²) in [4.78, 5) is 23.1. The number of benzene rings is 2. The number of fused-ring (bicyclic) bond motifs is 1. The zero-order chi connectivity index (χ0) is 17.9. The Morgan fingerprint density at radius 1 is 1.12 bits per heavy atom. The number of carbonyl (C=O) groups excluding carboxylic acids is 1. The van der Waals surface area contributed by atoms with Crippen molar-refractivity contribution in [1.29, 1.82) is 5.26 Å². The number of nitrogens with zero attached hydrogens (tertiary/aromatic N) is 4. The Bertz CT molecular complexity index is 1010. The molecule has 6 nitrogen and oxygen atoms in total. The summed E-state index contributed by atoms with van der Waals surface area (Å²) in [5.41, 5.74) is 3.68. The van der Waals surface area contributed by atoms with E-state index in [0.717, 1.165) is 24.5 Å². The van der Waals surface area contributed by atoms with Crippen molar-refractivity contribution in [3.63, 3.8) is 0 Å². The summed E-state index contributed by atoms with van der Waals surface area (Å²) >= 11 is 0. The Balaban J connectivity index is 1.51. The van der Waals surface area contributed by atoms with Crippen molar-refractivity contribution in [1.82, 2.24) is 9.97 Å². The highest BCUT2D eigenvalue weighted by atomic mass is 16.1. The number of carbonyl (C=O) groups is 1. The van der Waals surface area contributed by atoms with Crippen LogP contribution in [0.3, 0.4) is 0 Å². The summed E-state index contributed by atoms with van der Waals surface area (Å²) in [5.74, 6) is 0.360. The lowest BCUT2D eigenvalue weighted by Gasteiger charge is -2.17. The van der Waals surface area contributed by atoms with Crippen LogP contribution >= 0.6 is 0 Å². The molecule has 0 spiro atoms. The summed E-state index contributed by atoms with van der Waals surface area (Å²) in [7, 11) is 0. The van der Waals surface area contributed by atoms with E-state index in [9.17, 15) is 4.79 Å². The molecule has 1 amide bonds. The van der Waals surface area contributed by atoms with Gasteiger partial charge in [0.25, 0.3) is 5.91 Å². The quantitative estimate of drug-likeness (QED) is 0.790. The van der Waals surface area contributed by atoms with Gasteiger partial charge in [0, 0.05) is 17.9 Å². The first kappa shape index (κ1) is 15.8. The van der Waals surface area contributed by atoms with Crippen molar-refractivity contribution in [2.45, 2.75) is 6.42 Å². The van der Waals surface area contributed by atoms with Gasteiger partial charge in [-0.3, -0.25) is 4.79 Å². The predicted octanol–water partition coefficient (Wildman–Crippen LogP) is 3.29. The van der Waals surface area contributed by atoms with E-state index in [1.54, 1.807) is 30.5 Å². The summed E-state index contributed by atoms with van der Waals surface area (Å²) in [5, 5.41) is 11.7. The first-order valence-electron chi connectivity index (χ1n) is 8.23. The highest BCUT2D eigenvalue weighted by Gasteiger charge is 2.21. The lowest BCUT2D eigenvalue weighted by molar-refractivity contribution is 0.102. The van der Waals surface area contributed by atoms with Gasteiger partial charge >= 0.3 is 0 Å². The van der Waals surface area contributed by atoms with Crippen molar-refractivity contribution < 1.29 is 4.79 Å². The van der Waals surface area contributed by atoms with Crippen molar-refractivity contribution in [3.05, 3.63) is 77.7 Å². The number of para-hydroxylation sites is 1. The van der Waals surface area contributed by atoms with Crippen LogP contribution in [0.25, 0.3) is 0 Å². The summed E-state index contributed by atoms with van der Waals surface area (Å²) in [6.07, 6.45) is 4.05. The minimum atomic E-state index is -0.360. The molecule has 1 aliphatic rings. The highest BCUT2D eigenvalue weighted by Crippen LogP contribution is 2.32.